The first-order valence-electron chi connectivity index (χ1n) is 9.58. The van der Waals surface area contributed by atoms with Crippen LogP contribution in [0, 0.1) is 0 Å². The van der Waals surface area contributed by atoms with Crippen LogP contribution < -0.4 is 4.74 Å². The van der Waals surface area contributed by atoms with Crippen LogP contribution in [-0.4, -0.2) is 64.0 Å². The maximum atomic E-state index is 12.9. The second-order valence-electron chi connectivity index (χ2n) is 6.70. The second-order valence-corrected chi connectivity index (χ2v) is 9.01. The van der Waals surface area contributed by atoms with E-state index in [4.69, 9.17) is 25.8 Å². The van der Waals surface area contributed by atoms with Crippen LogP contribution >= 0.6 is 11.6 Å². The lowest BCUT2D eigenvalue weighted by Gasteiger charge is -2.26. The van der Waals surface area contributed by atoms with Crippen LogP contribution in [0.4, 0.5) is 0 Å². The van der Waals surface area contributed by atoms with E-state index in [-0.39, 0.29) is 47.6 Å². The molecule has 0 aliphatic carbocycles. The van der Waals surface area contributed by atoms with Crippen molar-refractivity contribution in [1.82, 2.24) is 4.31 Å². The van der Waals surface area contributed by atoms with Crippen molar-refractivity contribution in [2.45, 2.75) is 11.8 Å². The van der Waals surface area contributed by atoms with Crippen molar-refractivity contribution in [2.75, 3.05) is 39.5 Å². The molecule has 2 aromatic rings. The first-order chi connectivity index (χ1) is 14.8. The summed E-state index contributed by atoms with van der Waals surface area (Å²) in [5, 5.41) is 0.0206. The fourth-order valence-electron chi connectivity index (χ4n) is 3.01. The van der Waals surface area contributed by atoms with Crippen molar-refractivity contribution in [3.63, 3.8) is 0 Å². The maximum Gasteiger partial charge on any atom is 0.338 e. The van der Waals surface area contributed by atoms with Gasteiger partial charge in [0.1, 0.15) is 23.9 Å². The number of ketones is 1. The van der Waals surface area contributed by atoms with Crippen LogP contribution in [0.3, 0.4) is 0 Å². The highest BCUT2D eigenvalue weighted by atomic mass is 35.5. The molecule has 1 aliphatic rings. The number of sulfonamides is 1. The average molecular weight is 468 g/mol. The van der Waals surface area contributed by atoms with Gasteiger partial charge in [-0.25, -0.2) is 13.2 Å². The van der Waals surface area contributed by atoms with E-state index in [2.05, 4.69) is 0 Å². The maximum absolute atomic E-state index is 12.9. The number of halogens is 1. The predicted octanol–water partition coefficient (Wildman–Crippen LogP) is 2.80. The number of ether oxygens (including phenoxy) is 3. The fourth-order valence-corrected chi connectivity index (χ4v) is 4.92. The highest BCUT2D eigenvalue weighted by Crippen LogP contribution is 2.27. The summed E-state index contributed by atoms with van der Waals surface area (Å²) in [4.78, 5) is 23.9. The molecular formula is C21H22ClNO7S. The quantitative estimate of drug-likeness (QED) is 0.334. The van der Waals surface area contributed by atoms with Crippen LogP contribution in [0.15, 0.2) is 47.4 Å². The molecule has 0 bridgehead atoms. The van der Waals surface area contributed by atoms with Crippen molar-refractivity contribution in [3.05, 3.63) is 58.6 Å². The van der Waals surface area contributed by atoms with Gasteiger partial charge in [0.2, 0.25) is 10.0 Å². The van der Waals surface area contributed by atoms with E-state index in [0.29, 0.717) is 24.5 Å². The van der Waals surface area contributed by atoms with Gasteiger partial charge in [0.25, 0.3) is 0 Å². The number of benzene rings is 2. The molecule has 1 saturated heterocycles. The van der Waals surface area contributed by atoms with Crippen molar-refractivity contribution < 1.29 is 32.2 Å². The second kappa shape index (κ2) is 10.2. The molecule has 0 radical (unpaired) electrons. The molecule has 1 aliphatic heterocycles. The molecule has 0 unspecified atom stereocenters. The molecule has 0 atom stereocenters. The molecule has 0 spiro atoms. The van der Waals surface area contributed by atoms with Crippen molar-refractivity contribution >= 4 is 33.4 Å². The minimum Gasteiger partial charge on any atom is -0.489 e. The van der Waals surface area contributed by atoms with Gasteiger partial charge in [0, 0.05) is 13.1 Å². The van der Waals surface area contributed by atoms with E-state index < -0.39 is 16.0 Å². The van der Waals surface area contributed by atoms with Gasteiger partial charge in [0.15, 0.2) is 5.78 Å². The lowest BCUT2D eigenvalue weighted by atomic mass is 10.1. The minimum atomic E-state index is -3.87. The molecule has 166 valence electrons. The number of Topliss-reactive ketones (excluding diaryl/α,β-unsaturated/α-hetero) is 1. The van der Waals surface area contributed by atoms with Crippen LogP contribution in [0.25, 0.3) is 0 Å². The molecule has 31 heavy (non-hydrogen) atoms. The zero-order valence-electron chi connectivity index (χ0n) is 16.9. The van der Waals surface area contributed by atoms with Crippen molar-refractivity contribution in [1.29, 1.82) is 0 Å². The lowest BCUT2D eigenvalue weighted by Crippen LogP contribution is -2.40. The van der Waals surface area contributed by atoms with E-state index in [9.17, 15) is 18.0 Å². The Hall–Kier alpha value is -2.46. The third-order valence-corrected chi connectivity index (χ3v) is 6.98. The number of para-hydroxylation sites is 1. The molecule has 0 amide bonds. The van der Waals surface area contributed by atoms with Crippen molar-refractivity contribution in [2.24, 2.45) is 0 Å². The van der Waals surface area contributed by atoms with Gasteiger partial charge in [-0.15, -0.1) is 0 Å². The van der Waals surface area contributed by atoms with Gasteiger partial charge in [-0.1, -0.05) is 23.7 Å². The Bertz CT molecular complexity index is 1070. The number of carbonyl (C=O) groups excluding carboxylic acids is 2. The van der Waals surface area contributed by atoms with E-state index in [0.717, 1.165) is 0 Å². The number of esters is 1. The molecule has 0 N–H and O–H groups in total. The van der Waals surface area contributed by atoms with Crippen LogP contribution in [0.2, 0.25) is 5.02 Å². The zero-order valence-corrected chi connectivity index (χ0v) is 18.4. The monoisotopic (exact) mass is 467 g/mol. The zero-order chi connectivity index (χ0) is 22.4. The number of nitrogens with zero attached hydrogens (tertiary/aromatic N) is 1. The summed E-state index contributed by atoms with van der Waals surface area (Å²) < 4.78 is 42.9. The molecule has 1 fully saturated rings. The Morgan fingerprint density at radius 1 is 1.10 bits per heavy atom. The van der Waals surface area contributed by atoms with Crippen LogP contribution in [-0.2, 0) is 19.5 Å². The van der Waals surface area contributed by atoms with Gasteiger partial charge in [0.05, 0.1) is 29.4 Å². The first kappa shape index (κ1) is 23.2. The normalized spacial score (nSPS) is 14.8. The first-order valence-corrected chi connectivity index (χ1v) is 11.4. The number of hydrogen-bond donors (Lipinski definition) is 0. The topological polar surface area (TPSA) is 99.2 Å². The Morgan fingerprint density at radius 2 is 1.81 bits per heavy atom. The highest BCUT2D eigenvalue weighted by Gasteiger charge is 2.29. The minimum absolute atomic E-state index is 0.0206. The standard InChI is InChI=1S/C21H22ClNO7S/c1-15(24)17-4-2-3-5-19(17)29-12-13-30-21(25)16-6-7-18(22)20(14-16)31(26,27)23-8-10-28-11-9-23/h2-7,14H,8-13H2,1H3. The Balaban J connectivity index is 1.64. The average Bonchev–Trinajstić information content (AvgIpc) is 2.77. The van der Waals surface area contributed by atoms with Gasteiger partial charge in [-0.05, 0) is 37.3 Å². The summed E-state index contributed by atoms with van der Waals surface area (Å²) in [6.45, 7) is 2.41. The van der Waals surface area contributed by atoms with Gasteiger partial charge < -0.3 is 14.2 Å². The Kier molecular flexibility index (Phi) is 7.66. The summed E-state index contributed by atoms with van der Waals surface area (Å²) in [6, 6.07) is 10.7. The third-order valence-electron chi connectivity index (χ3n) is 4.60. The van der Waals surface area contributed by atoms with Crippen LogP contribution in [0.1, 0.15) is 27.6 Å². The van der Waals surface area contributed by atoms with E-state index >= 15 is 0 Å². The number of carbonyl (C=O) groups is 2. The van der Waals surface area contributed by atoms with Crippen LogP contribution in [0.5, 0.6) is 5.75 Å². The van der Waals surface area contributed by atoms with Gasteiger partial charge >= 0.3 is 5.97 Å². The summed E-state index contributed by atoms with van der Waals surface area (Å²) in [5.41, 5.74) is 0.491. The van der Waals surface area contributed by atoms with Gasteiger partial charge in [-0.2, -0.15) is 4.31 Å². The molecular weight excluding hydrogens is 446 g/mol. The fraction of sp³-hybridized carbons (Fsp3) is 0.333. The Morgan fingerprint density at radius 3 is 2.52 bits per heavy atom. The third kappa shape index (κ3) is 5.62. The van der Waals surface area contributed by atoms with Crippen molar-refractivity contribution in [3.8, 4) is 5.75 Å². The predicted molar refractivity (Wildman–Crippen MR) is 113 cm³/mol. The number of rotatable bonds is 8. The Labute approximate surface area is 185 Å². The summed E-state index contributed by atoms with van der Waals surface area (Å²) in [6.07, 6.45) is 0. The van der Waals surface area contributed by atoms with E-state index in [1.54, 1.807) is 24.3 Å². The largest absolute Gasteiger partial charge is 0.489 e. The van der Waals surface area contributed by atoms with E-state index in [1.807, 2.05) is 0 Å². The number of morpholine rings is 1. The molecule has 10 heteroatoms. The van der Waals surface area contributed by atoms with E-state index in [1.165, 1.54) is 29.4 Å². The SMILES string of the molecule is CC(=O)c1ccccc1OCCOC(=O)c1ccc(Cl)c(S(=O)(=O)N2CCOCC2)c1. The highest BCUT2D eigenvalue weighted by molar-refractivity contribution is 7.89. The molecule has 2 aromatic carbocycles. The lowest BCUT2D eigenvalue weighted by molar-refractivity contribution is 0.0449. The molecule has 8 nitrogen and oxygen atoms in total. The summed E-state index contributed by atoms with van der Waals surface area (Å²) in [7, 11) is -3.87. The summed E-state index contributed by atoms with van der Waals surface area (Å²) >= 11 is 6.10. The smallest absolute Gasteiger partial charge is 0.338 e. The summed E-state index contributed by atoms with van der Waals surface area (Å²) in [5.74, 6) is -0.447. The molecule has 3 rings (SSSR count). The molecule has 1 heterocycles. The number of hydrogen-bond acceptors (Lipinski definition) is 7. The molecule has 0 aromatic heterocycles. The molecule has 0 saturated carbocycles. The van der Waals surface area contributed by atoms with Gasteiger partial charge in [-0.3, -0.25) is 4.79 Å².